The lowest BCUT2D eigenvalue weighted by Gasteiger charge is -2.10. The standard InChI is InChI=1S/C10H12N5OP/c11-9-8-10(13-4-12-9)15(5-14-8)6-1-2-7(3-6)17-16/h4-7H,1-3H2,(H2,11,12,13)/p+1. The number of hydrogen-bond acceptors (Lipinski definition) is 5. The zero-order valence-corrected chi connectivity index (χ0v) is 10.2. The van der Waals surface area contributed by atoms with E-state index in [0.717, 1.165) is 24.9 Å². The Morgan fingerprint density at radius 1 is 1.35 bits per heavy atom. The lowest BCUT2D eigenvalue weighted by molar-refractivity contribution is 0.527. The molecule has 2 heterocycles. The number of nitrogen functional groups attached to an aromatic ring is 1. The van der Waals surface area contributed by atoms with Crippen LogP contribution in [0.4, 0.5) is 5.82 Å². The smallest absolute Gasteiger partial charge is 0.328 e. The first-order valence-corrected chi connectivity index (χ1v) is 6.59. The predicted octanol–water partition coefficient (Wildman–Crippen LogP) is 1.53. The van der Waals surface area contributed by atoms with Gasteiger partial charge < -0.3 is 10.3 Å². The summed E-state index contributed by atoms with van der Waals surface area (Å²) in [5.41, 5.74) is 7.49. The van der Waals surface area contributed by atoms with Gasteiger partial charge in [0.2, 0.25) is 0 Å². The van der Waals surface area contributed by atoms with Gasteiger partial charge in [-0.05, 0) is 12.8 Å². The van der Waals surface area contributed by atoms with Crippen LogP contribution in [-0.4, -0.2) is 25.2 Å². The molecule has 1 saturated carbocycles. The Labute approximate surface area is 99.5 Å². The minimum Gasteiger partial charge on any atom is -0.382 e. The molecule has 7 heteroatoms. The number of aromatic nitrogens is 4. The molecule has 3 atom stereocenters. The van der Waals surface area contributed by atoms with Crippen LogP contribution in [0.25, 0.3) is 11.2 Å². The molecule has 0 radical (unpaired) electrons. The van der Waals surface area contributed by atoms with Crippen molar-refractivity contribution >= 4 is 25.4 Å². The van der Waals surface area contributed by atoms with Crippen LogP contribution in [0.5, 0.6) is 0 Å². The van der Waals surface area contributed by atoms with Crippen LogP contribution in [0.3, 0.4) is 0 Å². The van der Waals surface area contributed by atoms with E-state index in [9.17, 15) is 4.57 Å². The first-order valence-electron chi connectivity index (χ1n) is 5.60. The van der Waals surface area contributed by atoms with Gasteiger partial charge >= 0.3 is 8.46 Å². The average molecular weight is 250 g/mol. The van der Waals surface area contributed by atoms with E-state index in [1.54, 1.807) is 6.33 Å². The van der Waals surface area contributed by atoms with Gasteiger partial charge in [0.15, 0.2) is 17.1 Å². The SMILES string of the molecule is Nc1ncnc2c1ncn2C1CCC([PH+]=O)C1. The molecule has 0 saturated heterocycles. The van der Waals surface area contributed by atoms with Crippen LogP contribution >= 0.6 is 8.46 Å². The molecule has 2 N–H and O–H groups in total. The molecule has 3 unspecified atom stereocenters. The quantitative estimate of drug-likeness (QED) is 0.816. The number of nitrogens with two attached hydrogens (primary N) is 1. The molecule has 2 aromatic heterocycles. The van der Waals surface area contributed by atoms with Crippen molar-refractivity contribution < 1.29 is 4.57 Å². The molecular weight excluding hydrogens is 237 g/mol. The lowest BCUT2D eigenvalue weighted by Crippen LogP contribution is -2.05. The highest BCUT2D eigenvalue weighted by Gasteiger charge is 2.31. The zero-order valence-electron chi connectivity index (χ0n) is 9.21. The highest BCUT2D eigenvalue weighted by atomic mass is 31.1. The minimum absolute atomic E-state index is 0.215. The molecule has 0 aliphatic heterocycles. The molecule has 0 bridgehead atoms. The molecule has 0 spiro atoms. The van der Waals surface area contributed by atoms with Crippen molar-refractivity contribution in [3.63, 3.8) is 0 Å². The topological polar surface area (TPSA) is 86.7 Å². The average Bonchev–Trinajstić information content (AvgIpc) is 2.94. The van der Waals surface area contributed by atoms with Crippen molar-refractivity contribution in [2.75, 3.05) is 5.73 Å². The van der Waals surface area contributed by atoms with E-state index >= 15 is 0 Å². The van der Waals surface area contributed by atoms with Gasteiger partial charge in [0, 0.05) is 12.5 Å². The summed E-state index contributed by atoms with van der Waals surface area (Å²) in [5, 5.41) is 0. The number of fused-ring (bicyclic) bond motifs is 1. The number of anilines is 1. The maximum Gasteiger partial charge on any atom is 0.328 e. The fourth-order valence-electron chi connectivity index (χ4n) is 2.45. The van der Waals surface area contributed by atoms with E-state index in [1.165, 1.54) is 6.33 Å². The Hall–Kier alpha value is -1.55. The number of rotatable bonds is 2. The monoisotopic (exact) mass is 250 g/mol. The van der Waals surface area contributed by atoms with Crippen molar-refractivity contribution in [2.24, 2.45) is 0 Å². The summed E-state index contributed by atoms with van der Waals surface area (Å²) < 4.78 is 13.0. The summed E-state index contributed by atoms with van der Waals surface area (Å²) in [6.45, 7) is 0. The first kappa shape index (κ1) is 10.6. The van der Waals surface area contributed by atoms with E-state index in [1.807, 2.05) is 4.57 Å². The number of hydrogen-bond donors (Lipinski definition) is 1. The van der Waals surface area contributed by atoms with Gasteiger partial charge in [0.05, 0.1) is 6.33 Å². The Balaban J connectivity index is 2.01. The Bertz CT molecular complexity index is 569. The second kappa shape index (κ2) is 4.04. The van der Waals surface area contributed by atoms with Gasteiger partial charge in [-0.25, -0.2) is 15.0 Å². The first-order chi connectivity index (χ1) is 8.29. The minimum atomic E-state index is -0.215. The fourth-order valence-corrected chi connectivity index (χ4v) is 3.11. The molecule has 6 nitrogen and oxygen atoms in total. The van der Waals surface area contributed by atoms with Crippen molar-refractivity contribution in [3.8, 4) is 0 Å². The van der Waals surface area contributed by atoms with Crippen LogP contribution < -0.4 is 5.73 Å². The lowest BCUT2D eigenvalue weighted by atomic mass is 10.2. The van der Waals surface area contributed by atoms with Gasteiger partial charge in [-0.3, -0.25) is 0 Å². The van der Waals surface area contributed by atoms with Gasteiger partial charge in [-0.1, -0.05) is 4.57 Å². The molecule has 2 aromatic rings. The second-order valence-electron chi connectivity index (χ2n) is 4.36. The summed E-state index contributed by atoms with van der Waals surface area (Å²) in [6, 6.07) is 0.334. The Morgan fingerprint density at radius 2 is 2.24 bits per heavy atom. The Kier molecular flexibility index (Phi) is 2.52. The maximum atomic E-state index is 10.9. The molecular formula is C10H13N5OP+. The number of nitrogens with zero attached hydrogens (tertiary/aromatic N) is 4. The molecule has 88 valence electrons. The van der Waals surface area contributed by atoms with Crippen molar-refractivity contribution in [1.29, 1.82) is 0 Å². The molecule has 1 aliphatic carbocycles. The van der Waals surface area contributed by atoms with Gasteiger partial charge in [-0.2, -0.15) is 0 Å². The molecule has 0 amide bonds. The molecule has 1 fully saturated rings. The number of imidazole rings is 1. The summed E-state index contributed by atoms with van der Waals surface area (Å²) in [5.74, 6) is 0.411. The van der Waals surface area contributed by atoms with E-state index in [2.05, 4.69) is 15.0 Å². The molecule has 17 heavy (non-hydrogen) atoms. The third-order valence-electron chi connectivity index (χ3n) is 3.35. The van der Waals surface area contributed by atoms with E-state index in [4.69, 9.17) is 5.73 Å². The van der Waals surface area contributed by atoms with Crippen LogP contribution in [0.15, 0.2) is 12.7 Å². The van der Waals surface area contributed by atoms with Crippen molar-refractivity contribution in [1.82, 2.24) is 19.5 Å². The van der Waals surface area contributed by atoms with Gasteiger partial charge in [-0.15, -0.1) is 0 Å². The summed E-state index contributed by atoms with van der Waals surface area (Å²) in [4.78, 5) is 12.4. The van der Waals surface area contributed by atoms with Gasteiger partial charge in [0.25, 0.3) is 0 Å². The largest absolute Gasteiger partial charge is 0.382 e. The highest BCUT2D eigenvalue weighted by molar-refractivity contribution is 7.24. The van der Waals surface area contributed by atoms with Gasteiger partial charge in [0.1, 0.15) is 11.8 Å². The maximum absolute atomic E-state index is 10.9. The van der Waals surface area contributed by atoms with E-state index in [0.29, 0.717) is 23.0 Å². The summed E-state index contributed by atoms with van der Waals surface area (Å²) in [6.07, 6.45) is 6.17. The summed E-state index contributed by atoms with van der Waals surface area (Å²) >= 11 is 0. The van der Waals surface area contributed by atoms with Crippen molar-refractivity contribution in [3.05, 3.63) is 12.7 Å². The van der Waals surface area contributed by atoms with Crippen LogP contribution in [0, 0.1) is 0 Å². The van der Waals surface area contributed by atoms with Crippen LogP contribution in [-0.2, 0) is 4.57 Å². The third-order valence-corrected chi connectivity index (χ3v) is 4.21. The normalized spacial score (nSPS) is 24.7. The molecule has 0 aromatic carbocycles. The third kappa shape index (κ3) is 1.69. The van der Waals surface area contributed by atoms with E-state index in [-0.39, 0.29) is 8.46 Å². The van der Waals surface area contributed by atoms with E-state index < -0.39 is 0 Å². The molecule has 1 aliphatic rings. The fraction of sp³-hybridized carbons (Fsp3) is 0.500. The van der Waals surface area contributed by atoms with Crippen LogP contribution in [0.2, 0.25) is 0 Å². The Morgan fingerprint density at radius 3 is 3.00 bits per heavy atom. The zero-order chi connectivity index (χ0) is 11.8. The second-order valence-corrected chi connectivity index (χ2v) is 5.42. The predicted molar refractivity (Wildman–Crippen MR) is 65.4 cm³/mol. The van der Waals surface area contributed by atoms with Crippen LogP contribution in [0.1, 0.15) is 25.3 Å². The highest BCUT2D eigenvalue weighted by Crippen LogP contribution is 2.37. The van der Waals surface area contributed by atoms with Crippen molar-refractivity contribution in [2.45, 2.75) is 31.0 Å². The summed E-state index contributed by atoms with van der Waals surface area (Å²) in [7, 11) is -0.215. The molecule has 3 rings (SSSR count).